The molecule has 0 amide bonds. The van der Waals surface area contributed by atoms with Gasteiger partial charge in [-0.1, -0.05) is 29.8 Å². The topological polar surface area (TPSA) is 73.1 Å². The molecule has 7 heteroatoms. The third kappa shape index (κ3) is 3.23. The Morgan fingerprint density at radius 2 is 2.15 bits per heavy atom. The molecule has 0 fully saturated rings. The van der Waals surface area contributed by atoms with Crippen LogP contribution < -0.4 is 16.0 Å². The SMILES string of the molecule is CC(C)c1cc(Br)ccc1Oc1nc(NN)ncc1F. The first kappa shape index (κ1) is 14.7. The number of hydrogen-bond donors (Lipinski definition) is 2. The number of halogens is 2. The van der Waals surface area contributed by atoms with E-state index in [-0.39, 0.29) is 17.7 Å². The lowest BCUT2D eigenvalue weighted by molar-refractivity contribution is 0.415. The van der Waals surface area contributed by atoms with Gasteiger partial charge in [-0.3, -0.25) is 5.43 Å². The van der Waals surface area contributed by atoms with E-state index in [9.17, 15) is 4.39 Å². The average Bonchev–Trinajstić information content (AvgIpc) is 2.42. The molecule has 1 aromatic heterocycles. The first-order valence-electron chi connectivity index (χ1n) is 5.97. The van der Waals surface area contributed by atoms with Gasteiger partial charge in [-0.05, 0) is 29.7 Å². The summed E-state index contributed by atoms with van der Waals surface area (Å²) in [6.45, 7) is 4.05. The Morgan fingerprint density at radius 1 is 1.40 bits per heavy atom. The molecule has 0 aliphatic heterocycles. The number of ether oxygens (including phenoxy) is 1. The highest BCUT2D eigenvalue weighted by atomic mass is 79.9. The molecule has 0 saturated heterocycles. The Kier molecular flexibility index (Phi) is 4.51. The molecule has 0 bridgehead atoms. The van der Waals surface area contributed by atoms with Gasteiger partial charge in [0.25, 0.3) is 5.88 Å². The summed E-state index contributed by atoms with van der Waals surface area (Å²) < 4.78 is 20.2. The van der Waals surface area contributed by atoms with Crippen molar-refractivity contribution in [3.05, 3.63) is 40.2 Å². The summed E-state index contributed by atoms with van der Waals surface area (Å²) in [6, 6.07) is 5.51. The van der Waals surface area contributed by atoms with Gasteiger partial charge in [0.1, 0.15) is 5.75 Å². The van der Waals surface area contributed by atoms with Gasteiger partial charge in [-0.2, -0.15) is 9.37 Å². The minimum absolute atomic E-state index is 0.0876. The Bertz CT molecular complexity index is 621. The first-order valence-corrected chi connectivity index (χ1v) is 6.77. The van der Waals surface area contributed by atoms with E-state index >= 15 is 0 Å². The Hall–Kier alpha value is -1.73. The maximum Gasteiger partial charge on any atom is 0.260 e. The summed E-state index contributed by atoms with van der Waals surface area (Å²) >= 11 is 3.41. The number of rotatable bonds is 4. The normalized spacial score (nSPS) is 10.7. The van der Waals surface area contributed by atoms with Crippen LogP contribution >= 0.6 is 15.9 Å². The highest BCUT2D eigenvalue weighted by Crippen LogP contribution is 2.33. The molecule has 0 saturated carbocycles. The van der Waals surface area contributed by atoms with Crippen molar-refractivity contribution < 1.29 is 9.13 Å². The van der Waals surface area contributed by atoms with E-state index in [1.165, 1.54) is 0 Å². The molecule has 2 rings (SSSR count). The van der Waals surface area contributed by atoms with Gasteiger partial charge >= 0.3 is 0 Å². The second-order valence-electron chi connectivity index (χ2n) is 4.43. The molecule has 0 radical (unpaired) electrons. The van der Waals surface area contributed by atoms with Crippen molar-refractivity contribution in [2.45, 2.75) is 19.8 Å². The highest BCUT2D eigenvalue weighted by molar-refractivity contribution is 9.10. The van der Waals surface area contributed by atoms with Crippen molar-refractivity contribution >= 4 is 21.9 Å². The third-order valence-corrected chi connectivity index (χ3v) is 3.13. The fourth-order valence-electron chi connectivity index (χ4n) is 1.66. The van der Waals surface area contributed by atoms with Crippen molar-refractivity contribution in [1.82, 2.24) is 9.97 Å². The van der Waals surface area contributed by atoms with Crippen LogP contribution in [0.5, 0.6) is 11.6 Å². The third-order valence-electron chi connectivity index (χ3n) is 2.64. The molecule has 1 aromatic carbocycles. The molecule has 1 heterocycles. The number of nitrogens with zero attached hydrogens (tertiary/aromatic N) is 2. The summed E-state index contributed by atoms with van der Waals surface area (Å²) in [5, 5.41) is 0. The molecular weight excluding hydrogens is 327 g/mol. The molecule has 5 nitrogen and oxygen atoms in total. The van der Waals surface area contributed by atoms with Crippen LogP contribution in [0, 0.1) is 5.82 Å². The van der Waals surface area contributed by atoms with E-state index in [0.29, 0.717) is 5.75 Å². The lowest BCUT2D eigenvalue weighted by Crippen LogP contribution is -2.11. The number of nitrogens with one attached hydrogen (secondary N) is 1. The summed E-state index contributed by atoms with van der Waals surface area (Å²) in [7, 11) is 0. The highest BCUT2D eigenvalue weighted by Gasteiger charge is 2.14. The van der Waals surface area contributed by atoms with Gasteiger partial charge in [-0.15, -0.1) is 0 Å². The van der Waals surface area contributed by atoms with E-state index in [2.05, 4.69) is 31.3 Å². The summed E-state index contributed by atoms with van der Waals surface area (Å²) in [6.07, 6.45) is 1.01. The van der Waals surface area contributed by atoms with E-state index in [0.717, 1.165) is 16.2 Å². The van der Waals surface area contributed by atoms with Gasteiger partial charge in [0.2, 0.25) is 11.8 Å². The molecule has 0 atom stereocenters. The lowest BCUT2D eigenvalue weighted by atomic mass is 10.0. The van der Waals surface area contributed by atoms with Crippen molar-refractivity contribution in [3.63, 3.8) is 0 Å². The monoisotopic (exact) mass is 340 g/mol. The second-order valence-corrected chi connectivity index (χ2v) is 5.35. The summed E-state index contributed by atoms with van der Waals surface area (Å²) in [5.41, 5.74) is 3.19. The van der Waals surface area contributed by atoms with Crippen LogP contribution in [-0.2, 0) is 0 Å². The predicted molar refractivity (Wildman–Crippen MR) is 78.1 cm³/mol. The van der Waals surface area contributed by atoms with Crippen molar-refractivity contribution in [3.8, 4) is 11.6 Å². The van der Waals surface area contributed by atoms with Crippen LogP contribution in [0.2, 0.25) is 0 Å². The molecule has 20 heavy (non-hydrogen) atoms. The molecule has 2 aromatic rings. The zero-order valence-corrected chi connectivity index (χ0v) is 12.6. The standard InChI is InChI=1S/C13H14BrFN4O/c1-7(2)9-5-8(14)3-4-11(9)20-12-10(15)6-17-13(18-12)19-16/h3-7H,16H2,1-2H3,(H,17,18,19). The molecule has 3 N–H and O–H groups in total. The van der Waals surface area contributed by atoms with Crippen molar-refractivity contribution in [2.24, 2.45) is 5.84 Å². The molecule has 0 spiro atoms. The van der Waals surface area contributed by atoms with E-state index in [4.69, 9.17) is 10.6 Å². The number of nitrogen functional groups attached to an aromatic ring is 1. The number of hydrogen-bond acceptors (Lipinski definition) is 5. The fraction of sp³-hybridized carbons (Fsp3) is 0.231. The maximum absolute atomic E-state index is 13.7. The maximum atomic E-state index is 13.7. The lowest BCUT2D eigenvalue weighted by Gasteiger charge is -2.14. The van der Waals surface area contributed by atoms with Gasteiger partial charge in [-0.25, -0.2) is 10.8 Å². The summed E-state index contributed by atoms with van der Waals surface area (Å²) in [4.78, 5) is 7.51. The zero-order chi connectivity index (χ0) is 14.7. The van der Waals surface area contributed by atoms with Gasteiger partial charge < -0.3 is 4.74 Å². The van der Waals surface area contributed by atoms with Crippen LogP contribution in [0.1, 0.15) is 25.3 Å². The van der Waals surface area contributed by atoms with Crippen LogP contribution in [-0.4, -0.2) is 9.97 Å². The second kappa shape index (κ2) is 6.15. The average molecular weight is 341 g/mol. The van der Waals surface area contributed by atoms with Crippen LogP contribution in [0.3, 0.4) is 0 Å². The van der Waals surface area contributed by atoms with Crippen LogP contribution in [0.15, 0.2) is 28.9 Å². The molecule has 106 valence electrons. The largest absolute Gasteiger partial charge is 0.436 e. The van der Waals surface area contributed by atoms with E-state index < -0.39 is 5.82 Å². The fourth-order valence-corrected chi connectivity index (χ4v) is 2.04. The summed E-state index contributed by atoms with van der Waals surface area (Å²) in [5.74, 6) is 5.23. The number of nitrogens with two attached hydrogens (primary N) is 1. The van der Waals surface area contributed by atoms with Gasteiger partial charge in [0.15, 0.2) is 0 Å². The first-order chi connectivity index (χ1) is 9.51. The van der Waals surface area contributed by atoms with Crippen LogP contribution in [0.25, 0.3) is 0 Å². The number of hydrazine groups is 1. The van der Waals surface area contributed by atoms with Gasteiger partial charge in [0.05, 0.1) is 6.20 Å². The van der Waals surface area contributed by atoms with Crippen molar-refractivity contribution in [2.75, 3.05) is 5.43 Å². The quantitative estimate of drug-likeness (QED) is 0.657. The Morgan fingerprint density at radius 3 is 2.80 bits per heavy atom. The smallest absolute Gasteiger partial charge is 0.260 e. The van der Waals surface area contributed by atoms with Crippen LogP contribution in [0.4, 0.5) is 10.3 Å². The molecular formula is C13H14BrFN4O. The van der Waals surface area contributed by atoms with E-state index in [1.807, 2.05) is 26.0 Å². The molecule has 0 aliphatic rings. The minimum atomic E-state index is -0.651. The number of benzene rings is 1. The molecule has 0 unspecified atom stereocenters. The zero-order valence-electron chi connectivity index (χ0n) is 11.0. The van der Waals surface area contributed by atoms with Crippen molar-refractivity contribution in [1.29, 1.82) is 0 Å². The van der Waals surface area contributed by atoms with E-state index in [1.54, 1.807) is 6.07 Å². The molecule has 0 aliphatic carbocycles. The number of aromatic nitrogens is 2. The predicted octanol–water partition coefficient (Wildman–Crippen LogP) is 3.58. The Labute approximate surface area is 124 Å². The minimum Gasteiger partial charge on any atom is -0.436 e. The van der Waals surface area contributed by atoms with Gasteiger partial charge in [0, 0.05) is 4.47 Å². The Balaban J connectivity index is 2.39. The number of anilines is 1.